The number of pyridine rings is 1. The normalized spacial score (nSPS) is 16.4. The Bertz CT molecular complexity index is 1370. The average molecular weight is 771 g/mol. The van der Waals surface area contributed by atoms with Gasteiger partial charge < -0.3 is 25.5 Å². The number of hydrazine groups is 1. The lowest BCUT2D eigenvalue weighted by molar-refractivity contribution is -0.193. The van der Waals surface area contributed by atoms with Crippen LogP contribution in [0.4, 0.5) is 45.3 Å². The van der Waals surface area contributed by atoms with Gasteiger partial charge in [0.2, 0.25) is 11.8 Å². The van der Waals surface area contributed by atoms with Crippen LogP contribution in [0.25, 0.3) is 0 Å². The second kappa shape index (κ2) is 20.7. The summed E-state index contributed by atoms with van der Waals surface area (Å²) in [6.07, 6.45) is -12.3. The minimum Gasteiger partial charge on any atom is -0.475 e. The van der Waals surface area contributed by atoms with Gasteiger partial charge in [0.15, 0.2) is 0 Å². The maximum Gasteiger partial charge on any atom is 0.490 e. The van der Waals surface area contributed by atoms with Crippen molar-refractivity contribution in [1.82, 2.24) is 19.8 Å². The molecule has 0 bridgehead atoms. The first-order chi connectivity index (χ1) is 23.3. The van der Waals surface area contributed by atoms with Gasteiger partial charge in [-0.05, 0) is 25.0 Å². The summed E-state index contributed by atoms with van der Waals surface area (Å²) in [6.45, 7) is 1.73. The predicted octanol–water partition coefficient (Wildman–Crippen LogP) is 1.86. The highest BCUT2D eigenvalue weighted by atomic mass is 32.2. The van der Waals surface area contributed by atoms with Crippen molar-refractivity contribution in [3.05, 3.63) is 23.9 Å². The molecule has 1 aromatic rings. The Hall–Kier alpha value is -4.92. The molecule has 2 amide bonds. The van der Waals surface area contributed by atoms with Gasteiger partial charge in [-0.3, -0.25) is 20.3 Å². The SMILES string of the molecule is N#Cc1ccc(NC(=O)CN2CCC(N(N)CC(=O)N3CSCC3C#N)CC2)nc1.O=C(O)C(F)(F)F.O=C(O)C(F)(F)F.O=C(O)C(F)(F)F. The first-order valence-electron chi connectivity index (χ1n) is 13.4. The summed E-state index contributed by atoms with van der Waals surface area (Å²) in [5.41, 5.74) is 0.437. The Morgan fingerprint density at radius 1 is 0.922 bits per heavy atom. The Balaban J connectivity index is 0.000000966. The van der Waals surface area contributed by atoms with Crippen LogP contribution in [0.1, 0.15) is 18.4 Å². The standard InChI is InChI=1S/C19H24N8O2S.3C2HF3O2/c20-7-14-1-2-17(23-9-14)24-18(28)10-25-5-3-15(4-6-25)27(22)11-19(29)26-13-30-12-16(26)8-21;3*3-2(4,5)1(6)7/h1-2,9,15-16H,3-6,10-13,22H2,(H,23,24,28);3*(H,6,7). The molecule has 2 aliphatic rings. The van der Waals surface area contributed by atoms with Gasteiger partial charge in [0, 0.05) is 31.1 Å². The first-order valence-corrected chi connectivity index (χ1v) is 14.6. The summed E-state index contributed by atoms with van der Waals surface area (Å²) < 4.78 is 95.2. The van der Waals surface area contributed by atoms with Crippen LogP contribution in [0, 0.1) is 22.7 Å². The van der Waals surface area contributed by atoms with Gasteiger partial charge in [-0.15, -0.1) is 11.8 Å². The highest BCUT2D eigenvalue weighted by molar-refractivity contribution is 7.99. The summed E-state index contributed by atoms with van der Waals surface area (Å²) in [5.74, 6) is -0.822. The van der Waals surface area contributed by atoms with E-state index in [2.05, 4.69) is 16.4 Å². The molecule has 1 unspecified atom stereocenters. The first kappa shape index (κ1) is 46.1. The van der Waals surface area contributed by atoms with Crippen molar-refractivity contribution in [3.8, 4) is 12.1 Å². The van der Waals surface area contributed by atoms with Crippen LogP contribution in [0.3, 0.4) is 0 Å². The number of aliphatic carboxylic acids is 3. The molecule has 2 fully saturated rings. The molecule has 0 spiro atoms. The van der Waals surface area contributed by atoms with E-state index in [-0.39, 0.29) is 37.0 Å². The zero-order valence-electron chi connectivity index (χ0n) is 25.5. The molecule has 0 aliphatic carbocycles. The third-order valence-corrected chi connectivity index (χ3v) is 6.96. The number of alkyl halides is 9. The largest absolute Gasteiger partial charge is 0.490 e. The number of carboxylic acids is 3. The topological polar surface area (TPSA) is 254 Å². The van der Waals surface area contributed by atoms with E-state index in [9.17, 15) is 49.1 Å². The van der Waals surface area contributed by atoms with E-state index >= 15 is 0 Å². The maximum absolute atomic E-state index is 12.4. The van der Waals surface area contributed by atoms with Gasteiger partial charge in [-0.25, -0.2) is 24.4 Å². The number of carbonyl (C=O) groups is 5. The van der Waals surface area contributed by atoms with Gasteiger partial charge in [0.05, 0.1) is 30.6 Å². The van der Waals surface area contributed by atoms with Crippen LogP contribution in [0.2, 0.25) is 0 Å². The molecule has 1 aromatic heterocycles. The predicted molar refractivity (Wildman–Crippen MR) is 153 cm³/mol. The Morgan fingerprint density at radius 3 is 1.76 bits per heavy atom. The number of thioether (sulfide) groups is 1. The number of halogens is 9. The number of nitrogens with one attached hydrogen (secondary N) is 1. The number of likely N-dealkylation sites (tertiary alicyclic amines) is 1. The average Bonchev–Trinajstić information content (AvgIpc) is 3.51. The van der Waals surface area contributed by atoms with Crippen molar-refractivity contribution in [3.63, 3.8) is 0 Å². The molecule has 0 aromatic carbocycles. The van der Waals surface area contributed by atoms with Crippen LogP contribution in [0.15, 0.2) is 18.3 Å². The van der Waals surface area contributed by atoms with Crippen molar-refractivity contribution < 1.29 is 78.8 Å². The zero-order chi connectivity index (χ0) is 39.7. The van der Waals surface area contributed by atoms with Crippen molar-refractivity contribution in [2.45, 2.75) is 43.5 Å². The Morgan fingerprint density at radius 2 is 1.39 bits per heavy atom. The zero-order valence-corrected chi connectivity index (χ0v) is 26.3. The summed E-state index contributed by atoms with van der Waals surface area (Å²) in [7, 11) is 0. The van der Waals surface area contributed by atoms with Crippen LogP contribution in [-0.2, 0) is 24.0 Å². The van der Waals surface area contributed by atoms with Crippen LogP contribution >= 0.6 is 11.8 Å². The molecule has 2 saturated heterocycles. The van der Waals surface area contributed by atoms with E-state index in [1.54, 1.807) is 33.8 Å². The van der Waals surface area contributed by atoms with Gasteiger partial charge in [-0.1, -0.05) is 0 Å². The van der Waals surface area contributed by atoms with Crippen molar-refractivity contribution >= 4 is 47.3 Å². The number of anilines is 1. The molecule has 6 N–H and O–H groups in total. The fourth-order valence-corrected chi connectivity index (χ4v) is 4.60. The van der Waals surface area contributed by atoms with E-state index in [1.165, 1.54) is 6.20 Å². The van der Waals surface area contributed by atoms with Crippen molar-refractivity contribution in [2.24, 2.45) is 5.84 Å². The second-order valence-electron chi connectivity index (χ2n) is 9.69. The lowest BCUT2D eigenvalue weighted by atomic mass is 10.0. The quantitative estimate of drug-likeness (QED) is 0.157. The fourth-order valence-electron chi connectivity index (χ4n) is 3.50. The summed E-state index contributed by atoms with van der Waals surface area (Å²) in [5, 5.41) is 43.6. The van der Waals surface area contributed by atoms with E-state index in [0.29, 0.717) is 36.1 Å². The van der Waals surface area contributed by atoms with E-state index in [4.69, 9.17) is 46.1 Å². The number of hydrogen-bond acceptors (Lipinski definition) is 12. The molecular weight excluding hydrogens is 743 g/mol. The third kappa shape index (κ3) is 18.6. The van der Waals surface area contributed by atoms with Crippen LogP contribution < -0.4 is 11.2 Å². The van der Waals surface area contributed by atoms with E-state index in [1.807, 2.05) is 11.0 Å². The number of amides is 2. The lowest BCUT2D eigenvalue weighted by Gasteiger charge is -2.36. The van der Waals surface area contributed by atoms with Gasteiger partial charge in [0.25, 0.3) is 0 Å². The van der Waals surface area contributed by atoms with Gasteiger partial charge in [0.1, 0.15) is 17.9 Å². The van der Waals surface area contributed by atoms with Crippen molar-refractivity contribution in [1.29, 1.82) is 10.5 Å². The number of aromatic nitrogens is 1. The molecule has 2 aliphatic heterocycles. The molecule has 0 saturated carbocycles. The fraction of sp³-hybridized carbons (Fsp3) is 0.520. The van der Waals surface area contributed by atoms with Crippen LogP contribution in [0.5, 0.6) is 0 Å². The minimum absolute atomic E-state index is 0.0595. The molecule has 51 heavy (non-hydrogen) atoms. The number of piperidine rings is 1. The second-order valence-corrected chi connectivity index (χ2v) is 10.7. The van der Waals surface area contributed by atoms with E-state index in [0.717, 1.165) is 12.8 Å². The molecule has 16 nitrogen and oxygen atoms in total. The number of nitriles is 2. The van der Waals surface area contributed by atoms with Crippen molar-refractivity contribution in [2.75, 3.05) is 43.1 Å². The molecule has 3 heterocycles. The Kier molecular flexibility index (Phi) is 18.7. The molecular formula is C25H27F9N8O8S. The highest BCUT2D eigenvalue weighted by Gasteiger charge is 2.39. The summed E-state index contributed by atoms with van der Waals surface area (Å²) in [4.78, 5) is 59.0. The smallest absolute Gasteiger partial charge is 0.475 e. The molecule has 3 rings (SSSR count). The summed E-state index contributed by atoms with van der Waals surface area (Å²) >= 11 is 1.57. The monoisotopic (exact) mass is 770 g/mol. The number of hydrogen-bond donors (Lipinski definition) is 5. The number of nitrogens with two attached hydrogens (primary N) is 1. The van der Waals surface area contributed by atoms with Gasteiger partial charge in [-0.2, -0.15) is 50.0 Å². The van der Waals surface area contributed by atoms with Gasteiger partial charge >= 0.3 is 36.4 Å². The summed E-state index contributed by atoms with van der Waals surface area (Å²) in [6, 6.07) is 7.03. The number of carboxylic acid groups (broad SMARTS) is 3. The Labute approximate surface area is 285 Å². The number of nitrogens with zero attached hydrogens (tertiary/aromatic N) is 6. The van der Waals surface area contributed by atoms with Crippen LogP contribution in [-0.4, -0.2) is 133 Å². The lowest BCUT2D eigenvalue weighted by Crippen LogP contribution is -2.53. The third-order valence-electron chi connectivity index (χ3n) is 5.95. The maximum atomic E-state index is 12.4. The van der Waals surface area contributed by atoms with E-state index < -0.39 is 36.4 Å². The molecule has 284 valence electrons. The molecule has 26 heteroatoms. The molecule has 1 atom stereocenters. The number of rotatable bonds is 6. The molecule has 0 radical (unpaired) electrons. The number of carbonyl (C=O) groups excluding carboxylic acids is 2. The highest BCUT2D eigenvalue weighted by Crippen LogP contribution is 2.21. The minimum atomic E-state index is -5.08.